The molecule has 0 aliphatic carbocycles. The third-order valence-corrected chi connectivity index (χ3v) is 3.75. The van der Waals surface area contributed by atoms with Gasteiger partial charge in [0.15, 0.2) is 0 Å². The summed E-state index contributed by atoms with van der Waals surface area (Å²) < 4.78 is 0. The van der Waals surface area contributed by atoms with E-state index in [1.54, 1.807) is 18.2 Å². The van der Waals surface area contributed by atoms with Gasteiger partial charge in [0, 0.05) is 12.5 Å². The van der Waals surface area contributed by atoms with Crippen LogP contribution in [0.25, 0.3) is 11.4 Å². The molecule has 0 saturated carbocycles. The molecule has 6 nitrogen and oxygen atoms in total. The number of carbonyl (C=O) groups is 1. The number of hydrogen-bond donors (Lipinski definition) is 1. The molecule has 7 heteroatoms. The Morgan fingerprint density at radius 2 is 1.96 bits per heavy atom. The number of aryl methyl sites for hydroxylation is 1. The average molecular weight is 342 g/mol. The Labute approximate surface area is 144 Å². The number of rotatable bonds is 4. The van der Waals surface area contributed by atoms with Crippen LogP contribution in [-0.2, 0) is 11.3 Å². The first-order chi connectivity index (χ1) is 11.5. The van der Waals surface area contributed by atoms with Gasteiger partial charge in [-0.15, -0.1) is 10.2 Å². The number of carbonyl (C=O) groups excluding carboxylic acids is 1. The van der Waals surface area contributed by atoms with E-state index in [0.717, 1.165) is 11.1 Å². The molecule has 24 heavy (non-hydrogen) atoms. The smallest absolute Gasteiger partial charge is 0.221 e. The highest BCUT2D eigenvalue weighted by Gasteiger charge is 2.10. The minimum atomic E-state index is -0.174. The molecular weight excluding hydrogens is 326 g/mol. The van der Waals surface area contributed by atoms with Gasteiger partial charge in [-0.2, -0.15) is 4.80 Å². The fraction of sp³-hybridized carbons (Fsp3) is 0.176. The molecule has 0 radical (unpaired) electrons. The topological polar surface area (TPSA) is 72.7 Å². The molecule has 0 atom stereocenters. The number of hydrogen-bond acceptors (Lipinski definition) is 4. The number of halogens is 1. The maximum Gasteiger partial charge on any atom is 0.221 e. The summed E-state index contributed by atoms with van der Waals surface area (Å²) in [6, 6.07) is 13.4. The summed E-state index contributed by atoms with van der Waals surface area (Å²) in [5, 5.41) is 15.6. The lowest BCUT2D eigenvalue weighted by atomic mass is 10.1. The Kier molecular flexibility index (Phi) is 4.57. The molecule has 3 rings (SSSR count). The number of benzene rings is 2. The van der Waals surface area contributed by atoms with Crippen LogP contribution in [0.3, 0.4) is 0 Å². The molecule has 122 valence electrons. The van der Waals surface area contributed by atoms with Crippen molar-refractivity contribution >= 4 is 23.2 Å². The van der Waals surface area contributed by atoms with Gasteiger partial charge in [-0.25, -0.2) is 0 Å². The van der Waals surface area contributed by atoms with Gasteiger partial charge in [-0.1, -0.05) is 41.4 Å². The van der Waals surface area contributed by atoms with Gasteiger partial charge in [0.25, 0.3) is 0 Å². The van der Waals surface area contributed by atoms with E-state index < -0.39 is 0 Å². The molecule has 1 heterocycles. The first-order valence-corrected chi connectivity index (χ1v) is 7.80. The van der Waals surface area contributed by atoms with Crippen molar-refractivity contribution in [2.45, 2.75) is 20.4 Å². The van der Waals surface area contributed by atoms with Gasteiger partial charge >= 0.3 is 0 Å². The highest BCUT2D eigenvalue weighted by molar-refractivity contribution is 6.34. The highest BCUT2D eigenvalue weighted by atomic mass is 35.5. The van der Waals surface area contributed by atoms with Gasteiger partial charge in [-0.3, -0.25) is 4.79 Å². The van der Waals surface area contributed by atoms with Crippen molar-refractivity contribution in [1.82, 2.24) is 20.2 Å². The number of nitrogens with one attached hydrogen (secondary N) is 1. The quantitative estimate of drug-likeness (QED) is 0.790. The van der Waals surface area contributed by atoms with Crippen molar-refractivity contribution in [3.8, 4) is 11.4 Å². The second-order valence-corrected chi connectivity index (χ2v) is 5.91. The molecule has 0 fully saturated rings. The second-order valence-electron chi connectivity index (χ2n) is 5.50. The summed E-state index contributed by atoms with van der Waals surface area (Å²) in [5.74, 6) is 0.310. The number of nitrogens with zero attached hydrogens (tertiary/aromatic N) is 4. The van der Waals surface area contributed by atoms with Crippen molar-refractivity contribution in [3.63, 3.8) is 0 Å². The Morgan fingerprint density at radius 3 is 2.62 bits per heavy atom. The standard InChI is InChI=1S/C17H16ClN5O/c1-11-3-5-13(6-4-11)10-23-21-17(20-22-23)14-7-8-16(15(18)9-14)19-12(2)24/h3-9H,10H2,1-2H3,(H,19,24). The number of aromatic nitrogens is 4. The van der Waals surface area contributed by atoms with E-state index >= 15 is 0 Å². The summed E-state index contributed by atoms with van der Waals surface area (Å²) >= 11 is 6.18. The van der Waals surface area contributed by atoms with Gasteiger partial charge in [0.05, 0.1) is 17.3 Å². The molecule has 0 unspecified atom stereocenters. The maximum atomic E-state index is 11.1. The van der Waals surface area contributed by atoms with Crippen molar-refractivity contribution in [1.29, 1.82) is 0 Å². The predicted molar refractivity (Wildman–Crippen MR) is 92.8 cm³/mol. The van der Waals surface area contributed by atoms with E-state index in [2.05, 4.69) is 20.7 Å². The summed E-state index contributed by atoms with van der Waals surface area (Å²) in [5.41, 5.74) is 3.60. The molecule has 2 aromatic carbocycles. The van der Waals surface area contributed by atoms with Crippen molar-refractivity contribution in [2.75, 3.05) is 5.32 Å². The van der Waals surface area contributed by atoms with Crippen molar-refractivity contribution in [2.24, 2.45) is 0 Å². The fourth-order valence-electron chi connectivity index (χ4n) is 2.23. The highest BCUT2D eigenvalue weighted by Crippen LogP contribution is 2.26. The number of anilines is 1. The van der Waals surface area contributed by atoms with Gasteiger partial charge < -0.3 is 5.32 Å². The lowest BCUT2D eigenvalue weighted by Crippen LogP contribution is -2.06. The van der Waals surface area contributed by atoms with E-state index in [9.17, 15) is 4.79 Å². The van der Waals surface area contributed by atoms with Crippen LogP contribution in [0.5, 0.6) is 0 Å². The first-order valence-electron chi connectivity index (χ1n) is 7.42. The van der Waals surface area contributed by atoms with Crippen LogP contribution in [0.2, 0.25) is 5.02 Å². The molecule has 0 aliphatic rings. The molecule has 0 spiro atoms. The molecule has 0 bridgehead atoms. The largest absolute Gasteiger partial charge is 0.325 e. The van der Waals surface area contributed by atoms with Gasteiger partial charge in [0.1, 0.15) is 0 Å². The van der Waals surface area contributed by atoms with Crippen LogP contribution in [0.4, 0.5) is 5.69 Å². The van der Waals surface area contributed by atoms with Crippen LogP contribution in [0.1, 0.15) is 18.1 Å². The maximum absolute atomic E-state index is 11.1. The minimum Gasteiger partial charge on any atom is -0.325 e. The van der Waals surface area contributed by atoms with Crippen LogP contribution < -0.4 is 5.32 Å². The molecule has 1 N–H and O–H groups in total. The van der Waals surface area contributed by atoms with Crippen LogP contribution >= 0.6 is 11.6 Å². The zero-order valence-electron chi connectivity index (χ0n) is 13.3. The Morgan fingerprint density at radius 1 is 1.21 bits per heavy atom. The first kappa shape index (κ1) is 16.1. The third kappa shape index (κ3) is 3.78. The molecule has 1 amide bonds. The third-order valence-electron chi connectivity index (χ3n) is 3.44. The predicted octanol–water partition coefficient (Wildman–Crippen LogP) is 3.31. The molecular formula is C17H16ClN5O. The van der Waals surface area contributed by atoms with Crippen LogP contribution in [0, 0.1) is 6.92 Å². The van der Waals surface area contributed by atoms with E-state index in [-0.39, 0.29) is 5.91 Å². The van der Waals surface area contributed by atoms with Crippen molar-refractivity contribution < 1.29 is 4.79 Å². The lowest BCUT2D eigenvalue weighted by Gasteiger charge is -2.05. The monoisotopic (exact) mass is 341 g/mol. The van der Waals surface area contributed by atoms with E-state index in [0.29, 0.717) is 23.1 Å². The van der Waals surface area contributed by atoms with Crippen LogP contribution in [-0.4, -0.2) is 26.1 Å². The summed E-state index contributed by atoms with van der Waals surface area (Å²) in [7, 11) is 0. The average Bonchev–Trinajstić information content (AvgIpc) is 3.00. The Hall–Kier alpha value is -2.73. The molecule has 0 saturated heterocycles. The van der Waals surface area contributed by atoms with Gasteiger partial charge in [-0.05, 0) is 35.9 Å². The van der Waals surface area contributed by atoms with Crippen LogP contribution in [0.15, 0.2) is 42.5 Å². The molecule has 1 aromatic heterocycles. The summed E-state index contributed by atoms with van der Waals surface area (Å²) in [6.07, 6.45) is 0. The fourth-order valence-corrected chi connectivity index (χ4v) is 2.46. The zero-order valence-corrected chi connectivity index (χ0v) is 14.1. The molecule has 0 aliphatic heterocycles. The lowest BCUT2D eigenvalue weighted by molar-refractivity contribution is -0.114. The normalized spacial score (nSPS) is 10.6. The van der Waals surface area contributed by atoms with Crippen molar-refractivity contribution in [3.05, 3.63) is 58.6 Å². The zero-order chi connectivity index (χ0) is 17.1. The van der Waals surface area contributed by atoms with E-state index in [1.807, 2.05) is 31.2 Å². The molecule has 3 aromatic rings. The van der Waals surface area contributed by atoms with E-state index in [4.69, 9.17) is 11.6 Å². The summed E-state index contributed by atoms with van der Waals surface area (Å²) in [6.45, 7) is 4.03. The SMILES string of the molecule is CC(=O)Nc1ccc(-c2nnn(Cc3ccc(C)cc3)n2)cc1Cl. The second kappa shape index (κ2) is 6.80. The minimum absolute atomic E-state index is 0.174. The van der Waals surface area contributed by atoms with E-state index in [1.165, 1.54) is 17.3 Å². The Bertz CT molecular complexity index is 873. The van der Waals surface area contributed by atoms with Gasteiger partial charge in [0.2, 0.25) is 11.7 Å². The Balaban J connectivity index is 1.78. The summed E-state index contributed by atoms with van der Waals surface area (Å²) in [4.78, 5) is 12.6. The number of tetrazole rings is 1. The number of amides is 1.